The highest BCUT2D eigenvalue weighted by molar-refractivity contribution is 5.87. The van der Waals surface area contributed by atoms with Crippen LogP contribution in [0.1, 0.15) is 18.9 Å². The molecular formula is C29H34N8O2. The zero-order valence-electron chi connectivity index (χ0n) is 22.2. The van der Waals surface area contributed by atoms with E-state index in [4.69, 9.17) is 15.5 Å². The van der Waals surface area contributed by atoms with Crippen molar-refractivity contribution in [1.29, 1.82) is 0 Å². The molecule has 6 rings (SSSR count). The minimum absolute atomic E-state index is 0.152. The summed E-state index contributed by atoms with van der Waals surface area (Å²) in [7, 11) is 2.13. The van der Waals surface area contributed by atoms with Crippen LogP contribution < -0.4 is 10.5 Å². The Morgan fingerprint density at radius 3 is 2.33 bits per heavy atom. The number of nitrogens with zero attached hydrogens (tertiary/aromatic N) is 7. The average molecular weight is 527 g/mol. The number of hydrogen-bond donors (Lipinski definition) is 1. The maximum Gasteiger partial charge on any atom is 0.236 e. The lowest BCUT2D eigenvalue weighted by atomic mass is 10.0. The lowest BCUT2D eigenvalue weighted by Gasteiger charge is -2.36. The fourth-order valence-electron chi connectivity index (χ4n) is 5.30. The highest BCUT2D eigenvalue weighted by Crippen LogP contribution is 2.30. The van der Waals surface area contributed by atoms with Crippen molar-refractivity contribution >= 4 is 22.8 Å². The van der Waals surface area contributed by atoms with Crippen LogP contribution in [0, 0.1) is 0 Å². The second-order valence-corrected chi connectivity index (χ2v) is 10.4. The molecule has 202 valence electrons. The summed E-state index contributed by atoms with van der Waals surface area (Å²) in [6.07, 6.45) is 3.40. The summed E-state index contributed by atoms with van der Waals surface area (Å²) in [4.78, 5) is 28.9. The molecule has 39 heavy (non-hydrogen) atoms. The molecule has 2 aromatic heterocycles. The van der Waals surface area contributed by atoms with Crippen LogP contribution in [-0.2, 0) is 4.79 Å². The zero-order valence-corrected chi connectivity index (χ0v) is 22.2. The van der Waals surface area contributed by atoms with Gasteiger partial charge in [0.2, 0.25) is 5.91 Å². The summed E-state index contributed by atoms with van der Waals surface area (Å²) < 4.78 is 7.87. The standard InChI is InChI=1S/C29H34N8O2/c1-34-15-17-35(18-16-34)20-26(38)36-13-11-22(12-14-36)37-29-25(19-31-37)27(30)32-28(33-29)21-7-9-24(10-8-21)39-23-5-3-2-4-6-23/h2-10,19,22H,11-18,20H2,1H3,(H2,30,32,33). The van der Waals surface area contributed by atoms with E-state index in [2.05, 4.69) is 26.9 Å². The third kappa shape index (κ3) is 5.57. The largest absolute Gasteiger partial charge is 0.457 e. The smallest absolute Gasteiger partial charge is 0.236 e. The monoisotopic (exact) mass is 526 g/mol. The van der Waals surface area contributed by atoms with Gasteiger partial charge in [0, 0.05) is 44.8 Å². The number of hydrogen-bond acceptors (Lipinski definition) is 8. The maximum absolute atomic E-state index is 12.9. The van der Waals surface area contributed by atoms with Crippen molar-refractivity contribution in [2.75, 3.05) is 58.6 Å². The van der Waals surface area contributed by atoms with E-state index in [-0.39, 0.29) is 11.9 Å². The molecule has 0 saturated carbocycles. The molecule has 2 saturated heterocycles. The summed E-state index contributed by atoms with van der Waals surface area (Å²) in [6, 6.07) is 17.5. The quantitative estimate of drug-likeness (QED) is 0.408. The van der Waals surface area contributed by atoms with Crippen LogP contribution in [0.2, 0.25) is 0 Å². The van der Waals surface area contributed by atoms with Gasteiger partial charge in [0.15, 0.2) is 11.5 Å². The first kappa shape index (κ1) is 25.3. The van der Waals surface area contributed by atoms with Crippen molar-refractivity contribution in [3.05, 3.63) is 60.8 Å². The lowest BCUT2D eigenvalue weighted by molar-refractivity contribution is -0.134. The Hall–Kier alpha value is -4.02. The molecule has 2 aromatic carbocycles. The van der Waals surface area contributed by atoms with Crippen LogP contribution in [0.5, 0.6) is 11.5 Å². The number of likely N-dealkylation sites (N-methyl/N-ethyl adjacent to an activating group) is 1. The number of likely N-dealkylation sites (tertiary alicyclic amines) is 1. The molecule has 0 aliphatic carbocycles. The van der Waals surface area contributed by atoms with Gasteiger partial charge in [0.1, 0.15) is 17.3 Å². The summed E-state index contributed by atoms with van der Waals surface area (Å²) in [5.74, 6) is 2.69. The zero-order chi connectivity index (χ0) is 26.8. The summed E-state index contributed by atoms with van der Waals surface area (Å²) in [5, 5.41) is 5.39. The van der Waals surface area contributed by atoms with E-state index in [0.717, 1.165) is 80.2 Å². The Kier molecular flexibility index (Phi) is 7.12. The molecule has 0 unspecified atom stereocenters. The number of anilines is 1. The number of fused-ring (bicyclic) bond motifs is 1. The number of nitrogens with two attached hydrogens (primary N) is 1. The first-order valence-electron chi connectivity index (χ1n) is 13.6. The number of piperazine rings is 1. The van der Waals surface area contributed by atoms with E-state index in [1.54, 1.807) is 6.20 Å². The highest BCUT2D eigenvalue weighted by atomic mass is 16.5. The van der Waals surface area contributed by atoms with E-state index < -0.39 is 0 Å². The number of rotatable bonds is 6. The van der Waals surface area contributed by atoms with Gasteiger partial charge >= 0.3 is 0 Å². The Bertz CT molecular complexity index is 1420. The molecule has 10 heteroatoms. The van der Waals surface area contributed by atoms with Crippen molar-refractivity contribution in [1.82, 2.24) is 34.4 Å². The molecule has 0 radical (unpaired) electrons. The average Bonchev–Trinajstić information content (AvgIpc) is 3.40. The van der Waals surface area contributed by atoms with Crippen molar-refractivity contribution in [3.63, 3.8) is 0 Å². The molecule has 0 atom stereocenters. The van der Waals surface area contributed by atoms with Gasteiger partial charge in [-0.25, -0.2) is 14.6 Å². The van der Waals surface area contributed by atoms with E-state index in [9.17, 15) is 4.79 Å². The van der Waals surface area contributed by atoms with Gasteiger partial charge in [-0.3, -0.25) is 9.69 Å². The first-order chi connectivity index (χ1) is 19.0. The third-order valence-corrected chi connectivity index (χ3v) is 7.69. The van der Waals surface area contributed by atoms with Crippen molar-refractivity contribution in [2.24, 2.45) is 0 Å². The molecule has 4 heterocycles. The van der Waals surface area contributed by atoms with Crippen LogP contribution >= 0.6 is 0 Å². The van der Waals surface area contributed by atoms with Gasteiger partial charge in [-0.15, -0.1) is 0 Å². The molecule has 10 nitrogen and oxygen atoms in total. The maximum atomic E-state index is 12.9. The first-order valence-corrected chi connectivity index (χ1v) is 13.6. The Morgan fingerprint density at radius 1 is 0.923 bits per heavy atom. The number of benzene rings is 2. The predicted octanol–water partition coefficient (Wildman–Crippen LogP) is 3.28. The van der Waals surface area contributed by atoms with Gasteiger partial charge in [-0.1, -0.05) is 18.2 Å². The number of carbonyl (C=O) groups is 1. The van der Waals surface area contributed by atoms with Crippen molar-refractivity contribution in [2.45, 2.75) is 18.9 Å². The summed E-state index contributed by atoms with van der Waals surface area (Å²) in [5.41, 5.74) is 7.91. The Morgan fingerprint density at radius 2 is 1.62 bits per heavy atom. The van der Waals surface area contributed by atoms with Crippen LogP contribution in [0.3, 0.4) is 0 Å². The number of piperidine rings is 1. The van der Waals surface area contributed by atoms with Gasteiger partial charge in [-0.05, 0) is 56.3 Å². The second kappa shape index (κ2) is 11.0. The van der Waals surface area contributed by atoms with E-state index in [1.165, 1.54) is 0 Å². The lowest BCUT2D eigenvalue weighted by Crippen LogP contribution is -2.50. The van der Waals surface area contributed by atoms with Crippen molar-refractivity contribution < 1.29 is 9.53 Å². The number of aromatic nitrogens is 4. The Labute approximate surface area is 228 Å². The van der Waals surface area contributed by atoms with Gasteiger partial charge in [0.05, 0.1) is 24.2 Å². The number of carbonyl (C=O) groups excluding carboxylic acids is 1. The number of para-hydroxylation sites is 1. The SMILES string of the molecule is CN1CCN(CC(=O)N2CCC(n3ncc4c(N)nc(-c5ccc(Oc6ccccc6)cc5)nc43)CC2)CC1. The fraction of sp³-hybridized carbons (Fsp3) is 0.379. The minimum Gasteiger partial charge on any atom is -0.457 e. The highest BCUT2D eigenvalue weighted by Gasteiger charge is 2.28. The molecule has 2 N–H and O–H groups in total. The predicted molar refractivity (Wildman–Crippen MR) is 150 cm³/mol. The van der Waals surface area contributed by atoms with Gasteiger partial charge in [0.25, 0.3) is 0 Å². The Balaban J connectivity index is 1.14. The van der Waals surface area contributed by atoms with Crippen LogP contribution in [0.25, 0.3) is 22.4 Å². The normalized spacial score (nSPS) is 17.5. The minimum atomic E-state index is 0.152. The molecule has 2 fully saturated rings. The van der Waals surface area contributed by atoms with Crippen LogP contribution in [0.15, 0.2) is 60.8 Å². The third-order valence-electron chi connectivity index (χ3n) is 7.69. The van der Waals surface area contributed by atoms with Crippen LogP contribution in [-0.4, -0.2) is 93.2 Å². The molecule has 0 bridgehead atoms. The molecular weight excluding hydrogens is 492 g/mol. The molecule has 1 amide bonds. The van der Waals surface area contributed by atoms with E-state index >= 15 is 0 Å². The van der Waals surface area contributed by atoms with Crippen LogP contribution in [0.4, 0.5) is 5.82 Å². The fourth-order valence-corrected chi connectivity index (χ4v) is 5.30. The molecule has 0 spiro atoms. The number of nitrogen functional groups attached to an aromatic ring is 1. The van der Waals surface area contributed by atoms with Crippen molar-refractivity contribution in [3.8, 4) is 22.9 Å². The number of amides is 1. The van der Waals surface area contributed by atoms with E-state index in [1.807, 2.05) is 64.2 Å². The molecule has 4 aromatic rings. The van der Waals surface area contributed by atoms with E-state index in [0.29, 0.717) is 18.2 Å². The summed E-state index contributed by atoms with van der Waals surface area (Å²) in [6.45, 7) is 5.87. The van der Waals surface area contributed by atoms with Gasteiger partial charge in [-0.2, -0.15) is 5.10 Å². The number of ether oxygens (including phenoxy) is 1. The molecule has 2 aliphatic rings. The molecule has 2 aliphatic heterocycles. The second-order valence-electron chi connectivity index (χ2n) is 10.4. The summed E-state index contributed by atoms with van der Waals surface area (Å²) >= 11 is 0. The van der Waals surface area contributed by atoms with Gasteiger partial charge < -0.3 is 20.3 Å². The topological polar surface area (TPSA) is 106 Å².